The highest BCUT2D eigenvalue weighted by Crippen LogP contribution is 2.26. The largest absolute Gasteiger partial charge is 0.354 e. The first-order valence-corrected chi connectivity index (χ1v) is 11.0. The van der Waals surface area contributed by atoms with Gasteiger partial charge in [-0.15, -0.1) is 0 Å². The van der Waals surface area contributed by atoms with Gasteiger partial charge in [-0.2, -0.15) is 5.10 Å². The summed E-state index contributed by atoms with van der Waals surface area (Å²) in [5, 5.41) is 13.4. The molecule has 2 heterocycles. The van der Waals surface area contributed by atoms with Crippen LogP contribution in [0.25, 0.3) is 22.3 Å². The third-order valence-electron chi connectivity index (χ3n) is 5.98. The molecule has 4 rings (SSSR count). The summed E-state index contributed by atoms with van der Waals surface area (Å²) in [5.41, 5.74) is 4.37. The summed E-state index contributed by atoms with van der Waals surface area (Å²) in [6, 6.07) is 15.9. The molecule has 0 fully saturated rings. The molecule has 33 heavy (non-hydrogen) atoms. The van der Waals surface area contributed by atoms with Crippen LogP contribution in [0.3, 0.4) is 0 Å². The van der Waals surface area contributed by atoms with E-state index in [9.17, 15) is 9.59 Å². The highest BCUT2D eigenvalue weighted by molar-refractivity contribution is 6.05. The van der Waals surface area contributed by atoms with E-state index >= 15 is 0 Å². The van der Waals surface area contributed by atoms with Crippen molar-refractivity contribution in [2.75, 3.05) is 13.6 Å². The highest BCUT2D eigenvalue weighted by atomic mass is 16.2. The summed E-state index contributed by atoms with van der Waals surface area (Å²) < 4.78 is 1.81. The Balaban J connectivity index is 1.50. The van der Waals surface area contributed by atoms with Gasteiger partial charge in [-0.3, -0.25) is 14.7 Å². The predicted molar refractivity (Wildman–Crippen MR) is 128 cm³/mol. The number of carbonyl (C=O) groups excluding carboxylic acids is 2. The molecule has 4 aromatic rings. The van der Waals surface area contributed by atoms with Crippen molar-refractivity contribution in [3.63, 3.8) is 0 Å². The second-order valence-electron chi connectivity index (χ2n) is 8.20. The second-order valence-corrected chi connectivity index (χ2v) is 8.20. The van der Waals surface area contributed by atoms with E-state index in [0.717, 1.165) is 22.9 Å². The van der Waals surface area contributed by atoms with Crippen LogP contribution >= 0.6 is 0 Å². The van der Waals surface area contributed by atoms with Crippen molar-refractivity contribution < 1.29 is 9.59 Å². The Morgan fingerprint density at radius 3 is 2.61 bits per heavy atom. The fraction of sp³-hybridized carbons (Fsp3) is 0.280. The lowest BCUT2D eigenvalue weighted by molar-refractivity contribution is 0.0940. The Bertz CT molecular complexity index is 1310. The SMILES string of the molecule is CNC(=O)c1n[nH]c2cc(-c3nc(C)c(C(=O)NCCC(C)c4ccccc4)n3C)ccc12. The number of aryl methyl sites for hydroxylation is 1. The van der Waals surface area contributed by atoms with Gasteiger partial charge in [0, 0.05) is 31.6 Å². The van der Waals surface area contributed by atoms with Gasteiger partial charge in [0.15, 0.2) is 5.69 Å². The minimum atomic E-state index is -0.248. The topological polar surface area (TPSA) is 105 Å². The van der Waals surface area contributed by atoms with Crippen molar-refractivity contribution in [2.45, 2.75) is 26.2 Å². The summed E-state index contributed by atoms with van der Waals surface area (Å²) in [6.07, 6.45) is 0.851. The van der Waals surface area contributed by atoms with Crippen molar-refractivity contribution in [1.82, 2.24) is 30.4 Å². The average Bonchev–Trinajstić information content (AvgIpc) is 3.38. The first-order valence-electron chi connectivity index (χ1n) is 11.0. The second kappa shape index (κ2) is 9.28. The molecule has 2 aromatic heterocycles. The minimum absolute atomic E-state index is 0.140. The van der Waals surface area contributed by atoms with Gasteiger partial charge >= 0.3 is 0 Å². The summed E-state index contributed by atoms with van der Waals surface area (Å²) in [4.78, 5) is 29.6. The van der Waals surface area contributed by atoms with Crippen LogP contribution in [-0.2, 0) is 7.05 Å². The number of aromatic nitrogens is 4. The number of H-pyrrole nitrogens is 1. The van der Waals surface area contributed by atoms with Crippen molar-refractivity contribution >= 4 is 22.7 Å². The Kier molecular flexibility index (Phi) is 6.26. The van der Waals surface area contributed by atoms with E-state index in [-0.39, 0.29) is 11.8 Å². The third kappa shape index (κ3) is 4.37. The molecule has 170 valence electrons. The molecule has 1 unspecified atom stereocenters. The number of nitrogens with one attached hydrogen (secondary N) is 3. The van der Waals surface area contributed by atoms with Crippen LogP contribution < -0.4 is 10.6 Å². The molecule has 0 saturated heterocycles. The molecule has 0 bridgehead atoms. The lowest BCUT2D eigenvalue weighted by Crippen LogP contribution is -2.27. The summed E-state index contributed by atoms with van der Waals surface area (Å²) in [6.45, 7) is 4.58. The number of aromatic amines is 1. The van der Waals surface area contributed by atoms with E-state index in [1.807, 2.05) is 54.9 Å². The van der Waals surface area contributed by atoms with Gasteiger partial charge in [-0.05, 0) is 37.0 Å². The molecule has 3 N–H and O–H groups in total. The minimum Gasteiger partial charge on any atom is -0.354 e. The molecule has 2 aromatic carbocycles. The van der Waals surface area contributed by atoms with Crippen molar-refractivity contribution in [1.29, 1.82) is 0 Å². The van der Waals surface area contributed by atoms with E-state index in [2.05, 4.69) is 44.9 Å². The molecule has 0 saturated carbocycles. The van der Waals surface area contributed by atoms with Crippen molar-refractivity contribution in [3.8, 4) is 11.4 Å². The summed E-state index contributed by atoms with van der Waals surface area (Å²) in [7, 11) is 3.41. The molecule has 2 amide bonds. The Morgan fingerprint density at radius 2 is 1.88 bits per heavy atom. The average molecular weight is 445 g/mol. The molecule has 0 spiro atoms. The van der Waals surface area contributed by atoms with E-state index in [1.165, 1.54) is 5.56 Å². The first-order chi connectivity index (χ1) is 15.9. The van der Waals surface area contributed by atoms with E-state index < -0.39 is 0 Å². The number of hydrogen-bond donors (Lipinski definition) is 3. The number of nitrogens with zero attached hydrogens (tertiary/aromatic N) is 3. The standard InChI is InChI=1S/C25H28N6O2/c1-15(17-8-6-5-7-9-17)12-13-27-25(33)22-16(2)28-23(31(22)4)18-10-11-19-20(14-18)29-30-21(19)24(32)26-3/h5-11,14-15H,12-13H2,1-4H3,(H,26,32)(H,27,33)(H,29,30). The Labute approximate surface area is 192 Å². The van der Waals surface area contributed by atoms with Crippen LogP contribution in [0.15, 0.2) is 48.5 Å². The maximum absolute atomic E-state index is 12.9. The molecule has 0 radical (unpaired) electrons. The van der Waals surface area contributed by atoms with Crippen molar-refractivity contribution in [3.05, 3.63) is 71.2 Å². The highest BCUT2D eigenvalue weighted by Gasteiger charge is 2.20. The van der Waals surface area contributed by atoms with Crippen LogP contribution in [0.2, 0.25) is 0 Å². The molecular formula is C25H28N6O2. The summed E-state index contributed by atoms with van der Waals surface area (Å²) >= 11 is 0. The zero-order valence-corrected chi connectivity index (χ0v) is 19.3. The normalized spacial score (nSPS) is 12.0. The fourth-order valence-electron chi connectivity index (χ4n) is 4.09. The zero-order valence-electron chi connectivity index (χ0n) is 19.3. The monoisotopic (exact) mass is 444 g/mol. The molecule has 8 heteroatoms. The molecule has 0 aliphatic carbocycles. The van der Waals surface area contributed by atoms with Crippen LogP contribution in [0.4, 0.5) is 0 Å². The molecular weight excluding hydrogens is 416 g/mol. The maximum Gasteiger partial charge on any atom is 0.272 e. The van der Waals surface area contributed by atoms with Gasteiger partial charge in [0.25, 0.3) is 11.8 Å². The molecule has 8 nitrogen and oxygen atoms in total. The summed E-state index contributed by atoms with van der Waals surface area (Å²) in [5.74, 6) is 0.643. The van der Waals surface area contributed by atoms with E-state index in [4.69, 9.17) is 0 Å². The lowest BCUT2D eigenvalue weighted by atomic mass is 9.98. The van der Waals surface area contributed by atoms with Gasteiger partial charge in [0.1, 0.15) is 11.5 Å². The van der Waals surface area contributed by atoms with Gasteiger partial charge in [0.2, 0.25) is 0 Å². The maximum atomic E-state index is 12.9. The van der Waals surface area contributed by atoms with Gasteiger partial charge in [-0.25, -0.2) is 4.98 Å². The number of imidazole rings is 1. The van der Waals surface area contributed by atoms with E-state index in [0.29, 0.717) is 35.4 Å². The van der Waals surface area contributed by atoms with Gasteiger partial charge < -0.3 is 15.2 Å². The Hall–Kier alpha value is -3.94. The Morgan fingerprint density at radius 1 is 1.12 bits per heavy atom. The molecule has 0 aliphatic rings. The van der Waals surface area contributed by atoms with Crippen LogP contribution in [-0.4, -0.2) is 45.2 Å². The van der Waals surface area contributed by atoms with Gasteiger partial charge in [-0.1, -0.05) is 43.3 Å². The number of hydrogen-bond acceptors (Lipinski definition) is 4. The first kappa shape index (κ1) is 22.3. The number of amides is 2. The van der Waals surface area contributed by atoms with Crippen LogP contribution in [0.1, 0.15) is 51.5 Å². The van der Waals surface area contributed by atoms with E-state index in [1.54, 1.807) is 7.05 Å². The van der Waals surface area contributed by atoms with Gasteiger partial charge in [0.05, 0.1) is 11.2 Å². The number of carbonyl (C=O) groups is 2. The number of benzene rings is 2. The van der Waals surface area contributed by atoms with Crippen molar-refractivity contribution in [2.24, 2.45) is 7.05 Å². The number of rotatable bonds is 7. The number of fused-ring (bicyclic) bond motifs is 1. The quantitative estimate of drug-likeness (QED) is 0.405. The smallest absolute Gasteiger partial charge is 0.272 e. The fourth-order valence-corrected chi connectivity index (χ4v) is 4.09. The zero-order chi connectivity index (χ0) is 23.5. The predicted octanol–water partition coefficient (Wildman–Crippen LogP) is 3.56. The lowest BCUT2D eigenvalue weighted by Gasteiger charge is -2.13. The molecule has 1 atom stereocenters. The van der Waals surface area contributed by atoms with Crippen LogP contribution in [0, 0.1) is 6.92 Å². The van der Waals surface area contributed by atoms with Crippen LogP contribution in [0.5, 0.6) is 0 Å². The third-order valence-corrected chi connectivity index (χ3v) is 5.98. The molecule has 0 aliphatic heterocycles.